The quantitative estimate of drug-likeness (QED) is 0.666. The Balaban J connectivity index is 3.22. The number of benzene rings is 1. The monoisotopic (exact) mass is 254 g/mol. The lowest BCUT2D eigenvalue weighted by atomic mass is 9.88. The van der Waals surface area contributed by atoms with E-state index in [0.717, 1.165) is 18.2 Å². The molecule has 0 fully saturated rings. The van der Waals surface area contributed by atoms with Crippen molar-refractivity contribution >= 4 is 11.6 Å². The summed E-state index contributed by atoms with van der Waals surface area (Å²) in [7, 11) is 0. The summed E-state index contributed by atoms with van der Waals surface area (Å²) >= 11 is 5.63. The van der Waals surface area contributed by atoms with E-state index in [1.807, 2.05) is 0 Å². The Morgan fingerprint density at radius 3 is 2.12 bits per heavy atom. The van der Waals surface area contributed by atoms with Crippen LogP contribution in [0.2, 0.25) is 5.02 Å². The molecule has 16 heavy (non-hydrogen) atoms. The van der Waals surface area contributed by atoms with Gasteiger partial charge in [-0.15, -0.1) is 0 Å². The SMILES string of the molecule is CC(C)[C@H](c1ccc(F)cc1Cl)C(F)(F)F. The zero-order chi connectivity index (χ0) is 12.5. The van der Waals surface area contributed by atoms with Gasteiger partial charge in [0.25, 0.3) is 0 Å². The summed E-state index contributed by atoms with van der Waals surface area (Å²) in [5.74, 6) is -2.96. The Bertz CT molecular complexity index is 371. The minimum absolute atomic E-state index is 0.0782. The van der Waals surface area contributed by atoms with E-state index >= 15 is 0 Å². The molecule has 0 bridgehead atoms. The van der Waals surface area contributed by atoms with Gasteiger partial charge in [-0.1, -0.05) is 31.5 Å². The molecule has 5 heteroatoms. The molecule has 0 aliphatic heterocycles. The van der Waals surface area contributed by atoms with Crippen molar-refractivity contribution in [1.82, 2.24) is 0 Å². The van der Waals surface area contributed by atoms with Crippen molar-refractivity contribution in [2.24, 2.45) is 5.92 Å². The zero-order valence-electron chi connectivity index (χ0n) is 8.78. The number of hydrogen-bond donors (Lipinski definition) is 0. The third-order valence-corrected chi connectivity index (χ3v) is 2.64. The molecule has 0 unspecified atom stereocenters. The van der Waals surface area contributed by atoms with E-state index in [1.54, 1.807) is 0 Å². The molecule has 0 heterocycles. The maximum Gasteiger partial charge on any atom is 0.396 e. The highest BCUT2D eigenvalue weighted by atomic mass is 35.5. The predicted octanol–water partition coefficient (Wildman–Crippen LogP) is 4.78. The lowest BCUT2D eigenvalue weighted by Gasteiger charge is -2.25. The van der Waals surface area contributed by atoms with Crippen molar-refractivity contribution in [2.45, 2.75) is 25.9 Å². The van der Waals surface area contributed by atoms with Crippen molar-refractivity contribution in [3.05, 3.63) is 34.6 Å². The van der Waals surface area contributed by atoms with Crippen LogP contribution in [-0.2, 0) is 0 Å². The fraction of sp³-hybridized carbons (Fsp3) is 0.455. The van der Waals surface area contributed by atoms with Crippen LogP contribution in [0.15, 0.2) is 18.2 Å². The van der Waals surface area contributed by atoms with Crippen molar-refractivity contribution in [3.8, 4) is 0 Å². The topological polar surface area (TPSA) is 0 Å². The average Bonchev–Trinajstić information content (AvgIpc) is 2.06. The van der Waals surface area contributed by atoms with E-state index < -0.39 is 23.8 Å². The molecule has 0 amide bonds. The third-order valence-electron chi connectivity index (χ3n) is 2.32. The van der Waals surface area contributed by atoms with Crippen LogP contribution in [0.25, 0.3) is 0 Å². The third kappa shape index (κ3) is 2.88. The lowest BCUT2D eigenvalue weighted by Crippen LogP contribution is -2.25. The van der Waals surface area contributed by atoms with Crippen LogP contribution in [0.5, 0.6) is 0 Å². The summed E-state index contributed by atoms with van der Waals surface area (Å²) < 4.78 is 51.1. The molecule has 0 N–H and O–H groups in total. The van der Waals surface area contributed by atoms with Gasteiger partial charge in [0, 0.05) is 5.02 Å². The minimum Gasteiger partial charge on any atom is -0.207 e. The predicted molar refractivity (Wildman–Crippen MR) is 55.0 cm³/mol. The fourth-order valence-corrected chi connectivity index (χ4v) is 1.95. The Morgan fingerprint density at radius 1 is 1.19 bits per heavy atom. The minimum atomic E-state index is -4.38. The second-order valence-electron chi connectivity index (χ2n) is 3.93. The number of hydrogen-bond acceptors (Lipinski definition) is 0. The maximum atomic E-state index is 12.8. The fourth-order valence-electron chi connectivity index (χ4n) is 1.67. The van der Waals surface area contributed by atoms with Crippen LogP contribution >= 0.6 is 11.6 Å². The normalized spacial score (nSPS) is 14.2. The molecular formula is C11H11ClF4. The number of halogens is 5. The second kappa shape index (κ2) is 4.62. The first kappa shape index (κ1) is 13.3. The van der Waals surface area contributed by atoms with Crippen LogP contribution in [0.3, 0.4) is 0 Å². The summed E-state index contributed by atoms with van der Waals surface area (Å²) in [6.45, 7) is 2.91. The number of rotatable bonds is 2. The number of alkyl halides is 3. The molecule has 0 nitrogen and oxygen atoms in total. The van der Waals surface area contributed by atoms with Crippen LogP contribution in [-0.4, -0.2) is 6.18 Å². The van der Waals surface area contributed by atoms with E-state index in [9.17, 15) is 17.6 Å². The largest absolute Gasteiger partial charge is 0.396 e. The Morgan fingerprint density at radius 2 is 1.75 bits per heavy atom. The van der Waals surface area contributed by atoms with Gasteiger partial charge in [-0.3, -0.25) is 0 Å². The summed E-state index contributed by atoms with van der Waals surface area (Å²) in [4.78, 5) is 0. The van der Waals surface area contributed by atoms with Crippen LogP contribution < -0.4 is 0 Å². The van der Waals surface area contributed by atoms with Gasteiger partial charge < -0.3 is 0 Å². The van der Waals surface area contributed by atoms with Crippen molar-refractivity contribution < 1.29 is 17.6 Å². The van der Waals surface area contributed by atoms with E-state index in [2.05, 4.69) is 0 Å². The average molecular weight is 255 g/mol. The molecule has 1 rings (SSSR count). The molecule has 1 atom stereocenters. The van der Waals surface area contributed by atoms with Gasteiger partial charge >= 0.3 is 6.18 Å². The highest BCUT2D eigenvalue weighted by Crippen LogP contribution is 2.42. The molecule has 0 saturated heterocycles. The molecule has 0 saturated carbocycles. The molecule has 1 aromatic rings. The van der Waals surface area contributed by atoms with E-state index in [1.165, 1.54) is 13.8 Å². The molecular weight excluding hydrogens is 244 g/mol. The molecule has 0 radical (unpaired) electrons. The molecule has 0 aromatic heterocycles. The molecule has 90 valence electrons. The van der Waals surface area contributed by atoms with Gasteiger partial charge in [-0.2, -0.15) is 13.2 Å². The first-order chi connectivity index (χ1) is 7.23. The smallest absolute Gasteiger partial charge is 0.207 e. The molecule has 0 spiro atoms. The Hall–Kier alpha value is -0.770. The van der Waals surface area contributed by atoms with Crippen molar-refractivity contribution in [1.29, 1.82) is 0 Å². The van der Waals surface area contributed by atoms with Gasteiger partial charge in [0.1, 0.15) is 5.82 Å². The van der Waals surface area contributed by atoms with Gasteiger partial charge in [0.15, 0.2) is 0 Å². The van der Waals surface area contributed by atoms with Gasteiger partial charge in [0.05, 0.1) is 5.92 Å². The van der Waals surface area contributed by atoms with Crippen molar-refractivity contribution in [2.75, 3.05) is 0 Å². The Kier molecular flexibility index (Phi) is 3.84. The summed E-state index contributed by atoms with van der Waals surface area (Å²) in [5, 5.41) is -0.184. The van der Waals surface area contributed by atoms with Gasteiger partial charge in [0.2, 0.25) is 0 Å². The van der Waals surface area contributed by atoms with E-state index in [-0.39, 0.29) is 10.6 Å². The molecule has 1 aromatic carbocycles. The van der Waals surface area contributed by atoms with Crippen LogP contribution in [0.4, 0.5) is 17.6 Å². The lowest BCUT2D eigenvalue weighted by molar-refractivity contribution is -0.159. The second-order valence-corrected chi connectivity index (χ2v) is 4.34. The van der Waals surface area contributed by atoms with Crippen molar-refractivity contribution in [3.63, 3.8) is 0 Å². The molecule has 0 aliphatic rings. The van der Waals surface area contributed by atoms with Gasteiger partial charge in [-0.25, -0.2) is 4.39 Å². The standard InChI is InChI=1S/C11H11ClF4/c1-6(2)10(11(14,15)16)8-4-3-7(13)5-9(8)12/h3-6,10H,1-2H3/t10-/m1/s1. The first-order valence-corrected chi connectivity index (χ1v) is 5.13. The van der Waals surface area contributed by atoms with Crippen LogP contribution in [0, 0.1) is 11.7 Å². The summed E-state index contributed by atoms with van der Waals surface area (Å²) in [6, 6.07) is 2.98. The zero-order valence-corrected chi connectivity index (χ0v) is 9.53. The first-order valence-electron chi connectivity index (χ1n) is 4.75. The summed E-state index contributed by atoms with van der Waals surface area (Å²) in [5.41, 5.74) is -0.0782. The Labute approximate surface area is 96.2 Å². The molecule has 0 aliphatic carbocycles. The highest BCUT2D eigenvalue weighted by Gasteiger charge is 2.43. The summed E-state index contributed by atoms with van der Waals surface area (Å²) in [6.07, 6.45) is -4.38. The van der Waals surface area contributed by atoms with Crippen LogP contribution in [0.1, 0.15) is 25.3 Å². The maximum absolute atomic E-state index is 12.8. The van der Waals surface area contributed by atoms with E-state index in [0.29, 0.717) is 0 Å². The van der Waals surface area contributed by atoms with Gasteiger partial charge in [-0.05, 0) is 23.6 Å². The van der Waals surface area contributed by atoms with E-state index in [4.69, 9.17) is 11.6 Å². The highest BCUT2D eigenvalue weighted by molar-refractivity contribution is 6.31.